The fourth-order valence-electron chi connectivity index (χ4n) is 1.93. The molecule has 1 saturated heterocycles. The van der Waals surface area contributed by atoms with Crippen molar-refractivity contribution >= 4 is 11.5 Å². The summed E-state index contributed by atoms with van der Waals surface area (Å²) in [5.41, 5.74) is 7.53. The molecule has 0 radical (unpaired) electrons. The Balaban J connectivity index is 2.27. The molecule has 1 aliphatic rings. The molecule has 0 bridgehead atoms. The first-order chi connectivity index (χ1) is 7.18. The quantitative estimate of drug-likeness (QED) is 0.751. The normalized spacial score (nSPS) is 21.7. The van der Waals surface area contributed by atoms with E-state index in [1.165, 1.54) is 0 Å². The van der Waals surface area contributed by atoms with Gasteiger partial charge in [0, 0.05) is 6.54 Å². The van der Waals surface area contributed by atoms with Gasteiger partial charge in [0.1, 0.15) is 5.82 Å². The lowest BCUT2D eigenvalue weighted by atomic mass is 10.2. The maximum absolute atomic E-state index is 5.69. The average molecular weight is 207 g/mol. The van der Waals surface area contributed by atoms with Crippen molar-refractivity contribution in [1.29, 1.82) is 0 Å². The Hall–Kier alpha value is -1.29. The third-order valence-corrected chi connectivity index (χ3v) is 2.71. The maximum atomic E-state index is 5.69. The highest BCUT2D eigenvalue weighted by Crippen LogP contribution is 2.22. The van der Waals surface area contributed by atoms with Crippen LogP contribution in [-0.2, 0) is 4.74 Å². The monoisotopic (exact) mass is 207 g/mol. The molecular weight excluding hydrogens is 190 g/mol. The molecule has 2 rings (SSSR count). The van der Waals surface area contributed by atoms with Gasteiger partial charge < -0.3 is 15.4 Å². The van der Waals surface area contributed by atoms with Gasteiger partial charge in [-0.2, -0.15) is 0 Å². The summed E-state index contributed by atoms with van der Waals surface area (Å²) in [5.74, 6) is 1.03. The molecule has 0 aromatic carbocycles. The van der Waals surface area contributed by atoms with Gasteiger partial charge in [-0.05, 0) is 25.5 Å². The highest BCUT2D eigenvalue weighted by Gasteiger charge is 2.21. The number of pyridine rings is 1. The zero-order valence-corrected chi connectivity index (χ0v) is 9.23. The van der Waals surface area contributed by atoms with Crippen LogP contribution < -0.4 is 10.6 Å². The van der Waals surface area contributed by atoms with Crippen LogP contribution in [0.25, 0.3) is 0 Å². The number of nitrogens with zero attached hydrogens (tertiary/aromatic N) is 2. The van der Waals surface area contributed by atoms with Crippen LogP contribution in [0, 0.1) is 6.92 Å². The molecule has 1 aliphatic heterocycles. The third kappa shape index (κ3) is 2.04. The molecule has 82 valence electrons. The Morgan fingerprint density at radius 2 is 2.40 bits per heavy atom. The fraction of sp³-hybridized carbons (Fsp3) is 0.545. The lowest BCUT2D eigenvalue weighted by Gasteiger charge is -2.35. The highest BCUT2D eigenvalue weighted by atomic mass is 16.5. The van der Waals surface area contributed by atoms with Gasteiger partial charge in [0.05, 0.1) is 31.1 Å². The van der Waals surface area contributed by atoms with E-state index in [9.17, 15) is 0 Å². The van der Waals surface area contributed by atoms with E-state index in [2.05, 4.69) is 16.8 Å². The molecule has 1 atom stereocenters. The second-order valence-electron chi connectivity index (χ2n) is 4.03. The number of aromatic nitrogens is 1. The first-order valence-corrected chi connectivity index (χ1v) is 5.25. The van der Waals surface area contributed by atoms with Gasteiger partial charge in [-0.15, -0.1) is 0 Å². The van der Waals surface area contributed by atoms with Gasteiger partial charge >= 0.3 is 0 Å². The molecular formula is C11H17N3O. The second-order valence-corrected chi connectivity index (χ2v) is 4.03. The second kappa shape index (κ2) is 4.06. The summed E-state index contributed by atoms with van der Waals surface area (Å²) in [4.78, 5) is 6.67. The minimum absolute atomic E-state index is 0.383. The Kier molecular flexibility index (Phi) is 2.77. The minimum Gasteiger partial charge on any atom is -0.397 e. The molecule has 0 aliphatic carbocycles. The van der Waals surface area contributed by atoms with Crippen molar-refractivity contribution < 1.29 is 4.74 Å². The van der Waals surface area contributed by atoms with Gasteiger partial charge in [-0.3, -0.25) is 0 Å². The molecule has 1 unspecified atom stereocenters. The molecule has 2 N–H and O–H groups in total. The third-order valence-electron chi connectivity index (χ3n) is 2.71. The summed E-state index contributed by atoms with van der Waals surface area (Å²) in [6.07, 6.45) is 1.71. The number of hydrogen-bond acceptors (Lipinski definition) is 4. The summed E-state index contributed by atoms with van der Waals surface area (Å²) in [6, 6.07) is 2.35. The van der Waals surface area contributed by atoms with Crippen molar-refractivity contribution in [1.82, 2.24) is 4.98 Å². The topological polar surface area (TPSA) is 51.4 Å². The maximum Gasteiger partial charge on any atom is 0.131 e. The van der Waals surface area contributed by atoms with Crippen LogP contribution >= 0.6 is 0 Å². The number of nitrogen functional groups attached to an aromatic ring is 1. The van der Waals surface area contributed by atoms with Crippen molar-refractivity contribution in [3.63, 3.8) is 0 Å². The fourth-order valence-corrected chi connectivity index (χ4v) is 1.93. The zero-order valence-electron chi connectivity index (χ0n) is 9.23. The molecule has 0 amide bonds. The van der Waals surface area contributed by atoms with Crippen LogP contribution in [0.4, 0.5) is 11.5 Å². The van der Waals surface area contributed by atoms with E-state index in [4.69, 9.17) is 10.5 Å². The molecule has 1 aromatic heterocycles. The minimum atomic E-state index is 0.383. The van der Waals surface area contributed by atoms with Gasteiger partial charge in [-0.1, -0.05) is 0 Å². The zero-order chi connectivity index (χ0) is 10.8. The van der Waals surface area contributed by atoms with Crippen molar-refractivity contribution in [2.24, 2.45) is 0 Å². The predicted molar refractivity (Wildman–Crippen MR) is 61.0 cm³/mol. The van der Waals surface area contributed by atoms with Crippen molar-refractivity contribution in [2.45, 2.75) is 19.9 Å². The first kappa shape index (κ1) is 10.2. The van der Waals surface area contributed by atoms with Crippen LogP contribution in [0.2, 0.25) is 0 Å². The number of ether oxygens (including phenoxy) is 1. The van der Waals surface area contributed by atoms with Crippen molar-refractivity contribution in [2.75, 3.05) is 30.4 Å². The number of rotatable bonds is 1. The Morgan fingerprint density at radius 3 is 3.07 bits per heavy atom. The van der Waals surface area contributed by atoms with Crippen molar-refractivity contribution in [3.05, 3.63) is 17.8 Å². The van der Waals surface area contributed by atoms with E-state index in [1.807, 2.05) is 13.0 Å². The number of anilines is 2. The van der Waals surface area contributed by atoms with E-state index in [1.54, 1.807) is 6.20 Å². The van der Waals surface area contributed by atoms with Crippen LogP contribution in [0.1, 0.15) is 12.5 Å². The van der Waals surface area contributed by atoms with Gasteiger partial charge in [0.15, 0.2) is 0 Å². The number of aryl methyl sites for hydroxylation is 1. The van der Waals surface area contributed by atoms with E-state index in [0.29, 0.717) is 6.04 Å². The van der Waals surface area contributed by atoms with Crippen molar-refractivity contribution in [3.8, 4) is 0 Å². The standard InChI is InChI=1S/C11H17N3O/c1-8-5-10(12)6-13-11(8)14-3-4-15-7-9(14)2/h5-6,9H,3-4,7,12H2,1-2H3. The number of hydrogen-bond donors (Lipinski definition) is 1. The molecule has 1 aromatic rings. The van der Waals surface area contributed by atoms with E-state index >= 15 is 0 Å². The largest absolute Gasteiger partial charge is 0.397 e. The molecule has 1 fully saturated rings. The molecule has 0 spiro atoms. The average Bonchev–Trinajstić information content (AvgIpc) is 2.20. The van der Waals surface area contributed by atoms with Gasteiger partial charge in [0.25, 0.3) is 0 Å². The highest BCUT2D eigenvalue weighted by molar-refractivity contribution is 5.53. The van der Waals surface area contributed by atoms with Crippen LogP contribution in [0.5, 0.6) is 0 Å². The van der Waals surface area contributed by atoms with Gasteiger partial charge in [0.2, 0.25) is 0 Å². The summed E-state index contributed by atoms with van der Waals surface area (Å²) < 4.78 is 5.40. The van der Waals surface area contributed by atoms with E-state index in [-0.39, 0.29) is 0 Å². The summed E-state index contributed by atoms with van der Waals surface area (Å²) in [7, 11) is 0. The molecule has 4 heteroatoms. The van der Waals surface area contributed by atoms with Crippen LogP contribution in [0.15, 0.2) is 12.3 Å². The smallest absolute Gasteiger partial charge is 0.131 e. The first-order valence-electron chi connectivity index (χ1n) is 5.25. The molecule has 4 nitrogen and oxygen atoms in total. The molecule has 0 saturated carbocycles. The van der Waals surface area contributed by atoms with Gasteiger partial charge in [-0.25, -0.2) is 4.98 Å². The van der Waals surface area contributed by atoms with Crippen LogP contribution in [0.3, 0.4) is 0 Å². The molecule has 15 heavy (non-hydrogen) atoms. The van der Waals surface area contributed by atoms with E-state index in [0.717, 1.165) is 36.8 Å². The Bertz CT molecular complexity index is 354. The summed E-state index contributed by atoms with van der Waals surface area (Å²) in [5, 5.41) is 0. The number of morpholine rings is 1. The number of nitrogens with two attached hydrogens (primary N) is 1. The summed E-state index contributed by atoms with van der Waals surface area (Å²) >= 11 is 0. The SMILES string of the molecule is Cc1cc(N)cnc1N1CCOCC1C. The van der Waals surface area contributed by atoms with Crippen LogP contribution in [-0.4, -0.2) is 30.8 Å². The lowest BCUT2D eigenvalue weighted by Crippen LogP contribution is -2.44. The van der Waals surface area contributed by atoms with E-state index < -0.39 is 0 Å². The Morgan fingerprint density at radius 1 is 1.60 bits per heavy atom. The predicted octanol–water partition coefficient (Wildman–Crippen LogP) is 1.20. The molecule has 2 heterocycles. The lowest BCUT2D eigenvalue weighted by molar-refractivity contribution is 0.0985. The Labute approximate surface area is 90.0 Å². The summed E-state index contributed by atoms with van der Waals surface area (Å²) in [6.45, 7) is 6.64.